The SMILES string of the molecule is CN(Cc1ccccc1)c1c(F)cc(CCl)cc1F. The van der Waals surface area contributed by atoms with Crippen molar-refractivity contribution in [3.05, 3.63) is 65.2 Å². The van der Waals surface area contributed by atoms with Gasteiger partial charge in [-0.05, 0) is 23.3 Å². The van der Waals surface area contributed by atoms with Crippen LogP contribution in [0.5, 0.6) is 0 Å². The standard InChI is InChI=1S/C15H14ClF2N/c1-19(10-11-5-3-2-4-6-11)15-13(17)7-12(9-16)8-14(15)18/h2-8H,9-10H2,1H3. The summed E-state index contributed by atoms with van der Waals surface area (Å²) < 4.78 is 27.8. The number of halogens is 3. The van der Waals surface area contributed by atoms with Crippen LogP contribution in [-0.2, 0) is 12.4 Å². The van der Waals surface area contributed by atoms with E-state index in [-0.39, 0.29) is 11.6 Å². The monoisotopic (exact) mass is 281 g/mol. The Labute approximate surface area is 116 Å². The van der Waals surface area contributed by atoms with Gasteiger partial charge in [0.05, 0.1) is 0 Å². The van der Waals surface area contributed by atoms with E-state index in [1.54, 1.807) is 11.9 Å². The van der Waals surface area contributed by atoms with Crippen LogP contribution in [0.15, 0.2) is 42.5 Å². The Bertz CT molecular complexity index is 534. The molecule has 2 aromatic carbocycles. The third kappa shape index (κ3) is 3.24. The molecule has 0 fully saturated rings. The highest BCUT2D eigenvalue weighted by Crippen LogP contribution is 2.26. The number of hydrogen-bond donors (Lipinski definition) is 0. The van der Waals surface area contributed by atoms with E-state index in [0.717, 1.165) is 5.56 Å². The summed E-state index contributed by atoms with van der Waals surface area (Å²) in [5.41, 5.74) is 1.40. The zero-order chi connectivity index (χ0) is 13.8. The molecule has 4 heteroatoms. The van der Waals surface area contributed by atoms with Gasteiger partial charge in [-0.15, -0.1) is 11.6 Å². The molecule has 100 valence electrons. The second-order valence-electron chi connectivity index (χ2n) is 4.38. The van der Waals surface area contributed by atoms with Crippen molar-refractivity contribution >= 4 is 17.3 Å². The molecule has 2 aromatic rings. The van der Waals surface area contributed by atoms with Crippen molar-refractivity contribution in [3.8, 4) is 0 Å². The number of benzene rings is 2. The lowest BCUT2D eigenvalue weighted by Gasteiger charge is -2.21. The summed E-state index contributed by atoms with van der Waals surface area (Å²) in [6, 6.07) is 12.1. The minimum atomic E-state index is -0.589. The maximum absolute atomic E-state index is 13.9. The number of alkyl halides is 1. The summed E-state index contributed by atoms with van der Waals surface area (Å²) in [7, 11) is 1.66. The van der Waals surface area contributed by atoms with Crippen molar-refractivity contribution in [1.29, 1.82) is 0 Å². The van der Waals surface area contributed by atoms with Crippen LogP contribution >= 0.6 is 11.6 Å². The van der Waals surface area contributed by atoms with Gasteiger partial charge in [0.1, 0.15) is 17.3 Å². The lowest BCUT2D eigenvalue weighted by Crippen LogP contribution is -2.19. The summed E-state index contributed by atoms with van der Waals surface area (Å²) in [6.45, 7) is 0.439. The van der Waals surface area contributed by atoms with E-state index >= 15 is 0 Å². The third-order valence-electron chi connectivity index (χ3n) is 2.88. The summed E-state index contributed by atoms with van der Waals surface area (Å²) in [5.74, 6) is -1.08. The van der Waals surface area contributed by atoms with Crippen LogP contribution in [0, 0.1) is 11.6 Å². The first-order valence-electron chi connectivity index (χ1n) is 5.90. The molecular formula is C15H14ClF2N. The minimum absolute atomic E-state index is 0.0299. The topological polar surface area (TPSA) is 3.24 Å². The van der Waals surface area contributed by atoms with E-state index in [9.17, 15) is 8.78 Å². The Balaban J connectivity index is 2.26. The second-order valence-corrected chi connectivity index (χ2v) is 4.65. The highest BCUT2D eigenvalue weighted by molar-refractivity contribution is 6.17. The van der Waals surface area contributed by atoms with E-state index < -0.39 is 11.6 Å². The van der Waals surface area contributed by atoms with Gasteiger partial charge in [-0.2, -0.15) is 0 Å². The lowest BCUT2D eigenvalue weighted by atomic mass is 10.1. The number of nitrogens with zero attached hydrogens (tertiary/aromatic N) is 1. The third-order valence-corrected chi connectivity index (χ3v) is 3.18. The average Bonchev–Trinajstić information content (AvgIpc) is 2.38. The molecule has 0 aromatic heterocycles. The summed E-state index contributed by atoms with van der Waals surface area (Å²) in [5, 5.41) is 0. The molecule has 0 amide bonds. The van der Waals surface area contributed by atoms with Crippen molar-refractivity contribution in [2.24, 2.45) is 0 Å². The summed E-state index contributed by atoms with van der Waals surface area (Å²) in [4.78, 5) is 1.55. The van der Waals surface area contributed by atoms with Crippen LogP contribution in [0.4, 0.5) is 14.5 Å². The lowest BCUT2D eigenvalue weighted by molar-refractivity contribution is 0.574. The van der Waals surface area contributed by atoms with Crippen molar-refractivity contribution in [2.45, 2.75) is 12.4 Å². The number of rotatable bonds is 4. The molecule has 0 aliphatic rings. The van der Waals surface area contributed by atoms with Crippen LogP contribution in [0.1, 0.15) is 11.1 Å². The highest BCUT2D eigenvalue weighted by Gasteiger charge is 2.15. The Morgan fingerprint density at radius 3 is 2.11 bits per heavy atom. The fourth-order valence-electron chi connectivity index (χ4n) is 2.00. The Morgan fingerprint density at radius 1 is 1.00 bits per heavy atom. The van der Waals surface area contributed by atoms with E-state index in [1.165, 1.54) is 12.1 Å². The van der Waals surface area contributed by atoms with Crippen LogP contribution in [0.3, 0.4) is 0 Å². The van der Waals surface area contributed by atoms with Gasteiger partial charge in [0.15, 0.2) is 0 Å². The minimum Gasteiger partial charge on any atom is -0.366 e. The van der Waals surface area contributed by atoms with Gasteiger partial charge in [-0.1, -0.05) is 30.3 Å². The van der Waals surface area contributed by atoms with Gasteiger partial charge in [0.2, 0.25) is 0 Å². The first kappa shape index (κ1) is 13.8. The molecule has 2 rings (SSSR count). The zero-order valence-electron chi connectivity index (χ0n) is 10.5. The van der Waals surface area contributed by atoms with Gasteiger partial charge < -0.3 is 4.90 Å². The van der Waals surface area contributed by atoms with E-state index in [2.05, 4.69) is 0 Å². The average molecular weight is 282 g/mol. The molecular weight excluding hydrogens is 268 g/mol. The molecule has 0 unspecified atom stereocenters. The number of hydrogen-bond acceptors (Lipinski definition) is 1. The maximum Gasteiger partial charge on any atom is 0.149 e. The van der Waals surface area contributed by atoms with Crippen molar-refractivity contribution < 1.29 is 8.78 Å². The van der Waals surface area contributed by atoms with E-state index in [0.29, 0.717) is 12.1 Å². The molecule has 0 atom stereocenters. The Kier molecular flexibility index (Phi) is 4.38. The van der Waals surface area contributed by atoms with Gasteiger partial charge in [0.25, 0.3) is 0 Å². The summed E-state index contributed by atoms with van der Waals surface area (Å²) in [6.07, 6.45) is 0. The maximum atomic E-state index is 13.9. The number of anilines is 1. The molecule has 1 nitrogen and oxygen atoms in total. The van der Waals surface area contributed by atoms with Crippen LogP contribution in [0.25, 0.3) is 0 Å². The van der Waals surface area contributed by atoms with Gasteiger partial charge in [-0.3, -0.25) is 0 Å². The van der Waals surface area contributed by atoms with Gasteiger partial charge >= 0.3 is 0 Å². The highest BCUT2D eigenvalue weighted by atomic mass is 35.5. The fraction of sp³-hybridized carbons (Fsp3) is 0.200. The molecule has 0 N–H and O–H groups in total. The second kappa shape index (κ2) is 6.02. The summed E-state index contributed by atoms with van der Waals surface area (Å²) >= 11 is 5.59. The Hall–Kier alpha value is -1.61. The smallest absolute Gasteiger partial charge is 0.149 e. The largest absolute Gasteiger partial charge is 0.366 e. The van der Waals surface area contributed by atoms with Crippen molar-refractivity contribution in [2.75, 3.05) is 11.9 Å². The van der Waals surface area contributed by atoms with Crippen molar-refractivity contribution in [3.63, 3.8) is 0 Å². The van der Waals surface area contributed by atoms with E-state index in [4.69, 9.17) is 11.6 Å². The molecule has 0 heterocycles. The zero-order valence-corrected chi connectivity index (χ0v) is 11.3. The predicted octanol–water partition coefficient (Wildman–Crippen LogP) is 4.34. The quantitative estimate of drug-likeness (QED) is 0.754. The molecule has 0 aliphatic heterocycles. The Morgan fingerprint density at radius 2 is 1.58 bits per heavy atom. The molecule has 0 spiro atoms. The van der Waals surface area contributed by atoms with Crippen LogP contribution in [0.2, 0.25) is 0 Å². The normalized spacial score (nSPS) is 10.5. The van der Waals surface area contributed by atoms with Gasteiger partial charge in [0, 0.05) is 19.5 Å². The molecule has 0 radical (unpaired) electrons. The van der Waals surface area contributed by atoms with E-state index in [1.807, 2.05) is 30.3 Å². The molecule has 19 heavy (non-hydrogen) atoms. The predicted molar refractivity (Wildman–Crippen MR) is 74.5 cm³/mol. The van der Waals surface area contributed by atoms with Crippen LogP contribution < -0.4 is 4.90 Å². The fourth-order valence-corrected chi connectivity index (χ4v) is 2.15. The molecule has 0 aliphatic carbocycles. The molecule has 0 saturated carbocycles. The first-order chi connectivity index (χ1) is 9.11. The molecule has 0 bridgehead atoms. The first-order valence-corrected chi connectivity index (χ1v) is 6.44. The van der Waals surface area contributed by atoms with Gasteiger partial charge in [-0.25, -0.2) is 8.78 Å². The van der Waals surface area contributed by atoms with Crippen molar-refractivity contribution in [1.82, 2.24) is 0 Å². The molecule has 0 saturated heterocycles. The van der Waals surface area contributed by atoms with Crippen LogP contribution in [-0.4, -0.2) is 7.05 Å².